The Hall–Kier alpha value is -2.62. The van der Waals surface area contributed by atoms with Crippen molar-refractivity contribution in [2.75, 3.05) is 6.54 Å². The summed E-state index contributed by atoms with van der Waals surface area (Å²) in [7, 11) is 0. The lowest BCUT2D eigenvalue weighted by Gasteiger charge is -2.45. The molecule has 0 radical (unpaired) electrons. The Morgan fingerprint density at radius 2 is 2.04 bits per heavy atom. The van der Waals surface area contributed by atoms with Gasteiger partial charge in [-0.25, -0.2) is 4.98 Å². The van der Waals surface area contributed by atoms with Crippen LogP contribution in [0.1, 0.15) is 46.7 Å². The van der Waals surface area contributed by atoms with Gasteiger partial charge in [0.2, 0.25) is 0 Å². The summed E-state index contributed by atoms with van der Waals surface area (Å²) in [6.07, 6.45) is 9.99. The molecule has 1 saturated heterocycles. The van der Waals surface area contributed by atoms with Crippen LogP contribution in [0.4, 0.5) is 0 Å². The van der Waals surface area contributed by atoms with Crippen LogP contribution in [0.25, 0.3) is 5.65 Å². The van der Waals surface area contributed by atoms with Crippen LogP contribution in [0.5, 0.6) is 0 Å². The number of pyridine rings is 1. The first-order valence-electron chi connectivity index (χ1n) is 9.13. The molecule has 2 atom stereocenters. The quantitative estimate of drug-likeness (QED) is 0.682. The molecule has 0 bridgehead atoms. The van der Waals surface area contributed by atoms with Crippen molar-refractivity contribution in [1.29, 1.82) is 0 Å². The fraction of sp³-hybridized carbons (Fsp3) is 0.333. The van der Waals surface area contributed by atoms with Gasteiger partial charge in [0.05, 0.1) is 0 Å². The summed E-state index contributed by atoms with van der Waals surface area (Å²) in [4.78, 5) is 19.7. The predicted molar refractivity (Wildman–Crippen MR) is 96.8 cm³/mol. The lowest BCUT2D eigenvalue weighted by molar-refractivity contribution is 0.0547. The van der Waals surface area contributed by atoms with E-state index in [1.165, 1.54) is 17.5 Å². The maximum atomic E-state index is 13.2. The van der Waals surface area contributed by atoms with Crippen LogP contribution >= 0.6 is 0 Å². The van der Waals surface area contributed by atoms with Crippen molar-refractivity contribution < 1.29 is 4.79 Å². The minimum atomic E-state index is 0.152. The van der Waals surface area contributed by atoms with E-state index in [2.05, 4.69) is 34.1 Å². The van der Waals surface area contributed by atoms with E-state index in [4.69, 9.17) is 0 Å². The summed E-state index contributed by atoms with van der Waals surface area (Å²) in [5.74, 6) is 0.636. The van der Waals surface area contributed by atoms with Gasteiger partial charge in [-0.1, -0.05) is 24.3 Å². The van der Waals surface area contributed by atoms with Crippen LogP contribution in [-0.4, -0.2) is 32.8 Å². The largest absolute Gasteiger partial charge is 0.335 e. The number of aryl methyl sites for hydroxylation is 1. The Kier molecular flexibility index (Phi) is 3.37. The average Bonchev–Trinajstić information content (AvgIpc) is 3.14. The molecule has 4 nitrogen and oxygen atoms in total. The van der Waals surface area contributed by atoms with Crippen molar-refractivity contribution in [2.24, 2.45) is 0 Å². The number of aromatic nitrogens is 2. The van der Waals surface area contributed by atoms with Crippen molar-refractivity contribution in [3.8, 4) is 0 Å². The van der Waals surface area contributed by atoms with E-state index in [9.17, 15) is 4.79 Å². The van der Waals surface area contributed by atoms with Gasteiger partial charge in [0.25, 0.3) is 5.91 Å². The van der Waals surface area contributed by atoms with Gasteiger partial charge in [0.1, 0.15) is 5.65 Å². The number of amides is 1. The highest BCUT2D eigenvalue weighted by Crippen LogP contribution is 2.41. The summed E-state index contributed by atoms with van der Waals surface area (Å²) in [5, 5.41) is 0. The predicted octanol–water partition coefficient (Wildman–Crippen LogP) is 3.67. The van der Waals surface area contributed by atoms with Crippen molar-refractivity contribution in [3.63, 3.8) is 0 Å². The smallest absolute Gasteiger partial charge is 0.254 e. The summed E-state index contributed by atoms with van der Waals surface area (Å²) in [6.45, 7) is 0.863. The third-order valence-electron chi connectivity index (χ3n) is 5.85. The number of hydrogen-bond acceptors (Lipinski definition) is 2. The molecular weight excluding hydrogens is 310 g/mol. The highest BCUT2D eigenvalue weighted by molar-refractivity contribution is 5.95. The number of carbonyl (C=O) groups is 1. The third-order valence-corrected chi connectivity index (χ3v) is 5.85. The molecule has 2 aromatic heterocycles. The van der Waals surface area contributed by atoms with Gasteiger partial charge in [0.15, 0.2) is 0 Å². The number of nitrogens with zero attached hydrogens (tertiary/aromatic N) is 3. The first kappa shape index (κ1) is 14.7. The second kappa shape index (κ2) is 5.73. The van der Waals surface area contributed by atoms with Gasteiger partial charge in [0, 0.05) is 42.7 Å². The summed E-state index contributed by atoms with van der Waals surface area (Å²) >= 11 is 0. The number of likely N-dealkylation sites (tertiary alicyclic amines) is 1. The van der Waals surface area contributed by atoms with E-state index in [0.29, 0.717) is 12.0 Å². The zero-order valence-corrected chi connectivity index (χ0v) is 14.1. The number of fused-ring (bicyclic) bond motifs is 4. The SMILES string of the molecule is O=C(c1ccn2ccnc2c1)N1CCC[C@@H]2c3ccccc3CCC21. The Bertz CT molecular complexity index is 945. The Balaban J connectivity index is 1.48. The first-order valence-corrected chi connectivity index (χ1v) is 9.13. The molecule has 4 heteroatoms. The third kappa shape index (κ3) is 2.36. The van der Waals surface area contributed by atoms with Crippen LogP contribution in [0.3, 0.4) is 0 Å². The molecule has 126 valence electrons. The Labute approximate surface area is 147 Å². The second-order valence-corrected chi connectivity index (χ2v) is 7.16. The van der Waals surface area contributed by atoms with Gasteiger partial charge in [-0.05, 0) is 48.9 Å². The van der Waals surface area contributed by atoms with Gasteiger partial charge >= 0.3 is 0 Å². The van der Waals surface area contributed by atoms with E-state index >= 15 is 0 Å². The number of hydrogen-bond donors (Lipinski definition) is 0. The van der Waals surface area contributed by atoms with Crippen LogP contribution < -0.4 is 0 Å². The molecule has 3 aromatic rings. The first-order chi connectivity index (χ1) is 12.3. The molecule has 1 fully saturated rings. The Morgan fingerprint density at radius 1 is 1.12 bits per heavy atom. The van der Waals surface area contributed by atoms with Crippen LogP contribution in [0, 0.1) is 0 Å². The fourth-order valence-corrected chi connectivity index (χ4v) is 4.66. The highest BCUT2D eigenvalue weighted by atomic mass is 16.2. The molecule has 0 N–H and O–H groups in total. The summed E-state index contributed by atoms with van der Waals surface area (Å²) < 4.78 is 1.94. The molecule has 0 saturated carbocycles. The molecule has 5 rings (SSSR count). The molecule has 1 aliphatic heterocycles. The molecule has 2 aliphatic rings. The van der Waals surface area contributed by atoms with E-state index in [-0.39, 0.29) is 5.91 Å². The van der Waals surface area contributed by atoms with Crippen LogP contribution in [-0.2, 0) is 6.42 Å². The average molecular weight is 331 g/mol. The van der Waals surface area contributed by atoms with Crippen molar-refractivity contribution >= 4 is 11.6 Å². The maximum absolute atomic E-state index is 13.2. The molecule has 3 heterocycles. The standard InChI is InChI=1S/C21H21N3O/c25-21(16-9-12-23-13-10-22-20(23)14-16)24-11-3-6-18-17-5-2-1-4-15(17)7-8-19(18)24/h1-2,4-5,9-10,12-14,18-19H,3,6-8,11H2/t18-,19?/m1/s1. The van der Waals surface area contributed by atoms with Gasteiger partial charge < -0.3 is 9.30 Å². The van der Waals surface area contributed by atoms with E-state index in [0.717, 1.165) is 37.0 Å². The molecule has 25 heavy (non-hydrogen) atoms. The molecule has 0 spiro atoms. The second-order valence-electron chi connectivity index (χ2n) is 7.16. The van der Waals surface area contributed by atoms with E-state index < -0.39 is 0 Å². The molecule has 1 amide bonds. The number of rotatable bonds is 1. The van der Waals surface area contributed by atoms with Crippen molar-refractivity contribution in [2.45, 2.75) is 37.6 Å². The maximum Gasteiger partial charge on any atom is 0.254 e. The zero-order chi connectivity index (χ0) is 16.8. The van der Waals surface area contributed by atoms with E-state index in [1.54, 1.807) is 6.20 Å². The zero-order valence-electron chi connectivity index (χ0n) is 14.1. The molecular formula is C21H21N3O. The number of piperidine rings is 1. The molecule has 1 unspecified atom stereocenters. The summed E-state index contributed by atoms with van der Waals surface area (Å²) in [6, 6.07) is 12.9. The highest BCUT2D eigenvalue weighted by Gasteiger charge is 2.38. The van der Waals surface area contributed by atoms with Gasteiger partial charge in [-0.15, -0.1) is 0 Å². The normalized spacial score (nSPS) is 22.5. The van der Waals surface area contributed by atoms with E-state index in [1.807, 2.05) is 28.9 Å². The monoisotopic (exact) mass is 331 g/mol. The number of benzene rings is 1. The number of carbonyl (C=O) groups excluding carboxylic acids is 1. The van der Waals surface area contributed by atoms with Crippen LogP contribution in [0.2, 0.25) is 0 Å². The van der Waals surface area contributed by atoms with Crippen LogP contribution in [0.15, 0.2) is 55.0 Å². The number of imidazole rings is 1. The van der Waals surface area contributed by atoms with Gasteiger partial charge in [-0.2, -0.15) is 0 Å². The van der Waals surface area contributed by atoms with Crippen molar-refractivity contribution in [1.82, 2.24) is 14.3 Å². The Morgan fingerprint density at radius 3 is 3.00 bits per heavy atom. The lowest BCUT2D eigenvalue weighted by Crippen LogP contribution is -2.49. The molecule has 1 aliphatic carbocycles. The topological polar surface area (TPSA) is 37.6 Å². The summed E-state index contributed by atoms with van der Waals surface area (Å²) in [5.41, 5.74) is 4.50. The minimum absolute atomic E-state index is 0.152. The fourth-order valence-electron chi connectivity index (χ4n) is 4.66. The van der Waals surface area contributed by atoms with Gasteiger partial charge in [-0.3, -0.25) is 4.79 Å². The minimum Gasteiger partial charge on any atom is -0.335 e. The van der Waals surface area contributed by atoms with Crippen molar-refractivity contribution in [3.05, 3.63) is 71.7 Å². The lowest BCUT2D eigenvalue weighted by atomic mass is 9.74. The molecule has 1 aromatic carbocycles.